The van der Waals surface area contributed by atoms with Crippen LogP contribution in [-0.4, -0.2) is 30.6 Å². The summed E-state index contributed by atoms with van der Waals surface area (Å²) in [6, 6.07) is 3.55. The van der Waals surface area contributed by atoms with Gasteiger partial charge in [-0.05, 0) is 31.2 Å². The number of carbonyl (C=O) groups is 1. The van der Waals surface area contributed by atoms with E-state index in [1.807, 2.05) is 6.07 Å². The topological polar surface area (TPSA) is 75.0 Å². The van der Waals surface area contributed by atoms with Gasteiger partial charge in [-0.2, -0.15) is 5.26 Å². The fourth-order valence-corrected chi connectivity index (χ4v) is 2.19. The zero-order valence-electron chi connectivity index (χ0n) is 10.8. The predicted octanol–water partition coefficient (Wildman–Crippen LogP) is 1.50. The zero-order chi connectivity index (χ0) is 13.5. The van der Waals surface area contributed by atoms with Crippen molar-refractivity contribution in [1.29, 1.82) is 5.26 Å². The Morgan fingerprint density at radius 2 is 2.32 bits per heavy atom. The van der Waals surface area contributed by atoms with E-state index >= 15 is 0 Å². The number of ether oxygens (including phenoxy) is 1. The van der Waals surface area contributed by atoms with Crippen LogP contribution >= 0.6 is 0 Å². The molecule has 0 saturated carbocycles. The molecule has 1 aliphatic rings. The van der Waals surface area contributed by atoms with Crippen LogP contribution < -0.4 is 5.32 Å². The average molecular weight is 259 g/mol. The van der Waals surface area contributed by atoms with E-state index in [-0.39, 0.29) is 5.91 Å². The third-order valence-corrected chi connectivity index (χ3v) is 3.37. The standard InChI is InChI=1S/C14H17N3O2/c15-9-12-2-5-16-10-13(12)14(18)17-6-1-11-3-7-19-8-4-11/h2,5,10-11H,1,3-4,6-8H2,(H,17,18). The molecule has 1 N–H and O–H groups in total. The van der Waals surface area contributed by atoms with Crippen LogP contribution in [0.3, 0.4) is 0 Å². The molecule has 1 amide bonds. The minimum atomic E-state index is -0.225. The molecule has 0 aromatic carbocycles. The van der Waals surface area contributed by atoms with Crippen LogP contribution in [-0.2, 0) is 4.74 Å². The van der Waals surface area contributed by atoms with Crippen LogP contribution in [0.1, 0.15) is 35.2 Å². The van der Waals surface area contributed by atoms with Crippen LogP contribution in [0.5, 0.6) is 0 Å². The van der Waals surface area contributed by atoms with Gasteiger partial charge in [-0.3, -0.25) is 9.78 Å². The second-order valence-electron chi connectivity index (χ2n) is 4.63. The second kappa shape index (κ2) is 6.86. The number of carbonyl (C=O) groups excluding carboxylic acids is 1. The molecule has 0 radical (unpaired) electrons. The van der Waals surface area contributed by atoms with Crippen molar-refractivity contribution in [2.45, 2.75) is 19.3 Å². The molecule has 100 valence electrons. The van der Waals surface area contributed by atoms with E-state index < -0.39 is 0 Å². The summed E-state index contributed by atoms with van der Waals surface area (Å²) in [7, 11) is 0. The van der Waals surface area contributed by atoms with Crippen molar-refractivity contribution in [1.82, 2.24) is 10.3 Å². The number of nitrogens with one attached hydrogen (secondary N) is 1. The minimum Gasteiger partial charge on any atom is -0.381 e. The van der Waals surface area contributed by atoms with Gasteiger partial charge in [-0.1, -0.05) is 0 Å². The van der Waals surface area contributed by atoms with Crippen molar-refractivity contribution >= 4 is 5.91 Å². The number of pyridine rings is 1. The smallest absolute Gasteiger partial charge is 0.254 e. The van der Waals surface area contributed by atoms with Gasteiger partial charge in [0.1, 0.15) is 6.07 Å². The Morgan fingerprint density at radius 1 is 1.53 bits per heavy atom. The van der Waals surface area contributed by atoms with E-state index in [4.69, 9.17) is 10.00 Å². The van der Waals surface area contributed by atoms with Crippen LogP contribution in [0.2, 0.25) is 0 Å². The molecule has 1 aromatic heterocycles. The zero-order valence-corrected chi connectivity index (χ0v) is 10.8. The van der Waals surface area contributed by atoms with Crippen molar-refractivity contribution in [2.75, 3.05) is 19.8 Å². The maximum Gasteiger partial charge on any atom is 0.254 e. The predicted molar refractivity (Wildman–Crippen MR) is 69.4 cm³/mol. The summed E-state index contributed by atoms with van der Waals surface area (Å²) in [6.45, 7) is 2.27. The SMILES string of the molecule is N#Cc1ccncc1C(=O)NCCC1CCOCC1. The summed E-state index contributed by atoms with van der Waals surface area (Å²) in [5, 5.41) is 11.8. The summed E-state index contributed by atoms with van der Waals surface area (Å²) < 4.78 is 5.30. The summed E-state index contributed by atoms with van der Waals surface area (Å²) >= 11 is 0. The Hall–Kier alpha value is -1.93. The highest BCUT2D eigenvalue weighted by molar-refractivity contribution is 5.96. The number of amides is 1. The molecule has 5 nitrogen and oxygen atoms in total. The number of rotatable bonds is 4. The first kappa shape index (κ1) is 13.5. The molecule has 0 aliphatic carbocycles. The minimum absolute atomic E-state index is 0.225. The molecule has 1 aliphatic heterocycles. The molecule has 0 atom stereocenters. The molecule has 0 unspecified atom stereocenters. The molecule has 5 heteroatoms. The Kier molecular flexibility index (Phi) is 4.87. The lowest BCUT2D eigenvalue weighted by Gasteiger charge is -2.21. The highest BCUT2D eigenvalue weighted by Gasteiger charge is 2.15. The Morgan fingerprint density at radius 3 is 3.05 bits per heavy atom. The Bertz CT molecular complexity index is 476. The Labute approximate surface area is 112 Å². The lowest BCUT2D eigenvalue weighted by atomic mass is 9.96. The summed E-state index contributed by atoms with van der Waals surface area (Å²) in [4.78, 5) is 15.8. The van der Waals surface area contributed by atoms with Crippen molar-refractivity contribution in [3.63, 3.8) is 0 Å². The van der Waals surface area contributed by atoms with Crippen LogP contribution in [0.15, 0.2) is 18.5 Å². The van der Waals surface area contributed by atoms with E-state index in [1.54, 1.807) is 6.07 Å². The van der Waals surface area contributed by atoms with Crippen LogP contribution in [0.25, 0.3) is 0 Å². The van der Waals surface area contributed by atoms with Gasteiger partial charge in [0, 0.05) is 32.2 Å². The molecule has 1 fully saturated rings. The van der Waals surface area contributed by atoms with Gasteiger partial charge in [-0.25, -0.2) is 0 Å². The largest absolute Gasteiger partial charge is 0.381 e. The third-order valence-electron chi connectivity index (χ3n) is 3.37. The van der Waals surface area contributed by atoms with E-state index in [9.17, 15) is 4.79 Å². The number of nitriles is 1. The van der Waals surface area contributed by atoms with Crippen molar-refractivity contribution in [3.05, 3.63) is 29.6 Å². The monoisotopic (exact) mass is 259 g/mol. The Balaban J connectivity index is 1.82. The number of aromatic nitrogens is 1. The van der Waals surface area contributed by atoms with Gasteiger partial charge in [0.2, 0.25) is 0 Å². The van der Waals surface area contributed by atoms with Gasteiger partial charge < -0.3 is 10.1 Å². The average Bonchev–Trinajstić information content (AvgIpc) is 2.48. The number of hydrogen-bond acceptors (Lipinski definition) is 4. The van der Waals surface area contributed by atoms with Crippen LogP contribution in [0.4, 0.5) is 0 Å². The molecule has 0 bridgehead atoms. The highest BCUT2D eigenvalue weighted by Crippen LogP contribution is 2.17. The molecular formula is C14H17N3O2. The molecule has 1 aromatic rings. The number of nitrogens with zero attached hydrogens (tertiary/aromatic N) is 2. The van der Waals surface area contributed by atoms with Crippen molar-refractivity contribution in [3.8, 4) is 6.07 Å². The summed E-state index contributed by atoms with van der Waals surface area (Å²) in [6.07, 6.45) is 6.02. The van der Waals surface area contributed by atoms with E-state index in [0.717, 1.165) is 32.5 Å². The molecule has 1 saturated heterocycles. The van der Waals surface area contributed by atoms with E-state index in [1.165, 1.54) is 12.4 Å². The first-order chi connectivity index (χ1) is 9.31. The fraction of sp³-hybridized carbons (Fsp3) is 0.500. The summed E-state index contributed by atoms with van der Waals surface area (Å²) in [5.74, 6) is 0.398. The number of hydrogen-bond donors (Lipinski definition) is 1. The second-order valence-corrected chi connectivity index (χ2v) is 4.63. The maximum absolute atomic E-state index is 11.9. The molecule has 19 heavy (non-hydrogen) atoms. The lowest BCUT2D eigenvalue weighted by Crippen LogP contribution is -2.28. The molecule has 2 rings (SSSR count). The van der Waals surface area contributed by atoms with Gasteiger partial charge in [0.25, 0.3) is 5.91 Å². The third kappa shape index (κ3) is 3.76. The fourth-order valence-electron chi connectivity index (χ4n) is 2.19. The van der Waals surface area contributed by atoms with Gasteiger partial charge >= 0.3 is 0 Å². The highest BCUT2D eigenvalue weighted by atomic mass is 16.5. The van der Waals surface area contributed by atoms with Crippen molar-refractivity contribution < 1.29 is 9.53 Å². The van der Waals surface area contributed by atoms with Gasteiger partial charge in [-0.15, -0.1) is 0 Å². The van der Waals surface area contributed by atoms with E-state index in [0.29, 0.717) is 23.6 Å². The van der Waals surface area contributed by atoms with E-state index in [2.05, 4.69) is 10.3 Å². The first-order valence-corrected chi connectivity index (χ1v) is 6.51. The maximum atomic E-state index is 11.9. The van der Waals surface area contributed by atoms with Crippen molar-refractivity contribution in [2.24, 2.45) is 5.92 Å². The van der Waals surface area contributed by atoms with Crippen LogP contribution in [0, 0.1) is 17.2 Å². The normalized spacial score (nSPS) is 15.7. The first-order valence-electron chi connectivity index (χ1n) is 6.51. The lowest BCUT2D eigenvalue weighted by molar-refractivity contribution is 0.0636. The molecule has 2 heterocycles. The van der Waals surface area contributed by atoms with Gasteiger partial charge in [0.05, 0.1) is 11.1 Å². The molecule has 0 spiro atoms. The van der Waals surface area contributed by atoms with Gasteiger partial charge in [0.15, 0.2) is 0 Å². The quantitative estimate of drug-likeness (QED) is 0.889. The molecular weight excluding hydrogens is 242 g/mol. The summed E-state index contributed by atoms with van der Waals surface area (Å²) in [5.41, 5.74) is 0.704.